The van der Waals surface area contributed by atoms with E-state index in [0.29, 0.717) is 23.7 Å². The molecule has 16 heteroatoms. The summed E-state index contributed by atoms with van der Waals surface area (Å²) in [6.07, 6.45) is -9.27. The number of benzene rings is 3. The van der Waals surface area contributed by atoms with Crippen molar-refractivity contribution in [1.29, 1.82) is 0 Å². The minimum atomic E-state index is -2.64. The van der Waals surface area contributed by atoms with Crippen molar-refractivity contribution in [3.63, 3.8) is 0 Å². The first-order valence-corrected chi connectivity index (χ1v) is 26.4. The molecule has 3 aromatic carbocycles. The summed E-state index contributed by atoms with van der Waals surface area (Å²) in [5, 5.41) is 28.8. The van der Waals surface area contributed by atoms with Crippen LogP contribution in [-0.2, 0) is 47.3 Å². The summed E-state index contributed by atoms with van der Waals surface area (Å²) < 4.78 is 38.9. The summed E-state index contributed by atoms with van der Waals surface area (Å²) in [6, 6.07) is 25.5. The molecule has 3 N–H and O–H groups in total. The van der Waals surface area contributed by atoms with E-state index in [1.807, 2.05) is 20.8 Å². The van der Waals surface area contributed by atoms with Gasteiger partial charge in [-0.1, -0.05) is 101 Å². The Morgan fingerprint density at radius 3 is 1.90 bits per heavy atom. The second kappa shape index (κ2) is 19.7. The molecule has 69 heavy (non-hydrogen) atoms. The highest BCUT2D eigenvalue weighted by atomic mass is 28.4. The van der Waals surface area contributed by atoms with Crippen LogP contribution in [0.1, 0.15) is 107 Å². The van der Waals surface area contributed by atoms with Crippen LogP contribution in [0.3, 0.4) is 0 Å². The lowest BCUT2D eigenvalue weighted by Crippen LogP contribution is -2.82. The summed E-state index contributed by atoms with van der Waals surface area (Å²) in [5.74, 6) is -6.29. The molecule has 4 aliphatic rings. The van der Waals surface area contributed by atoms with Crippen LogP contribution in [0.15, 0.2) is 102 Å². The summed E-state index contributed by atoms with van der Waals surface area (Å²) in [6.45, 7) is 14.8. The van der Waals surface area contributed by atoms with Gasteiger partial charge in [-0.3, -0.25) is 19.2 Å². The Morgan fingerprint density at radius 2 is 1.38 bits per heavy atom. The van der Waals surface area contributed by atoms with Crippen LogP contribution in [0.5, 0.6) is 0 Å². The highest BCUT2D eigenvalue weighted by molar-refractivity contribution is 6.73. The molecule has 0 radical (unpaired) electrons. The molecule has 15 nitrogen and oxygen atoms in total. The predicted octanol–water partition coefficient (Wildman–Crippen LogP) is 6.77. The van der Waals surface area contributed by atoms with Gasteiger partial charge in [0.1, 0.15) is 23.9 Å². The highest BCUT2D eigenvalue weighted by Crippen LogP contribution is 2.65. The fourth-order valence-corrected chi connectivity index (χ4v) is 14.6. The Kier molecular flexibility index (Phi) is 14.7. The van der Waals surface area contributed by atoms with Gasteiger partial charge in [0, 0.05) is 37.7 Å². The van der Waals surface area contributed by atoms with Crippen molar-refractivity contribution in [2.24, 2.45) is 16.7 Å². The van der Waals surface area contributed by atoms with E-state index in [1.54, 1.807) is 107 Å². The lowest BCUT2D eigenvalue weighted by atomic mass is 9.44. The van der Waals surface area contributed by atoms with Crippen LogP contribution < -0.4 is 5.32 Å². The third-order valence-corrected chi connectivity index (χ3v) is 20.4. The van der Waals surface area contributed by atoms with Crippen molar-refractivity contribution < 1.29 is 67.1 Å². The number of Topliss-reactive ketones (excluding diaryl/α,β-unsaturated/α-hetero) is 1. The van der Waals surface area contributed by atoms with Crippen molar-refractivity contribution in [2.45, 2.75) is 147 Å². The topological polar surface area (TPSA) is 210 Å². The first kappa shape index (κ1) is 51.3. The Balaban J connectivity index is 1.44. The number of aliphatic hydroxyl groups excluding tert-OH is 1. The molecule has 370 valence electrons. The molecule has 0 aromatic heterocycles. The van der Waals surface area contributed by atoms with Crippen molar-refractivity contribution >= 4 is 43.9 Å². The van der Waals surface area contributed by atoms with Gasteiger partial charge in [-0.05, 0) is 73.0 Å². The number of nitrogens with one attached hydrogen (secondary N) is 1. The summed E-state index contributed by atoms with van der Waals surface area (Å²) in [5.41, 5.74) is -6.44. The molecule has 2 saturated carbocycles. The summed E-state index contributed by atoms with van der Waals surface area (Å²) in [7, 11) is -2.64. The largest absolute Gasteiger partial charge is 0.456 e. The third-order valence-electron chi connectivity index (χ3n) is 15.8. The van der Waals surface area contributed by atoms with Gasteiger partial charge in [0.05, 0.1) is 35.6 Å². The summed E-state index contributed by atoms with van der Waals surface area (Å²) >= 11 is 0. The summed E-state index contributed by atoms with van der Waals surface area (Å²) in [4.78, 5) is 85.9. The maximum Gasteiger partial charge on any atom is 0.338 e. The molecule has 1 saturated heterocycles. The zero-order valence-corrected chi connectivity index (χ0v) is 41.8. The van der Waals surface area contributed by atoms with E-state index >= 15 is 4.79 Å². The fourth-order valence-electron chi connectivity index (χ4n) is 11.6. The Labute approximate surface area is 404 Å². The zero-order chi connectivity index (χ0) is 50.3. The number of hydrogen-bond donors (Lipinski definition) is 3. The van der Waals surface area contributed by atoms with Crippen molar-refractivity contribution in [1.82, 2.24) is 5.32 Å². The van der Waals surface area contributed by atoms with E-state index in [1.165, 1.54) is 19.1 Å². The number of carbonyl (C=O) groups is 6. The highest BCUT2D eigenvalue weighted by Gasteiger charge is 2.79. The van der Waals surface area contributed by atoms with Crippen LogP contribution in [0.4, 0.5) is 0 Å². The van der Waals surface area contributed by atoms with E-state index in [-0.39, 0.29) is 35.3 Å². The number of hydrogen-bond acceptors (Lipinski definition) is 14. The number of aliphatic hydroxyl groups is 2. The number of amides is 1. The maximum absolute atomic E-state index is 16.3. The Bertz CT molecular complexity index is 2450. The van der Waals surface area contributed by atoms with E-state index in [4.69, 9.17) is 28.1 Å². The first-order valence-electron chi connectivity index (χ1n) is 23.8. The fraction of sp³-hybridized carbons (Fsp3) is 0.509. The lowest BCUT2D eigenvalue weighted by Gasteiger charge is -2.68. The second-order valence-corrected chi connectivity index (χ2v) is 24.4. The van der Waals surface area contributed by atoms with Crippen LogP contribution in [0.25, 0.3) is 0 Å². The molecular weight excluding hydrogens is 903 g/mol. The molecule has 1 unspecified atom stereocenters. The van der Waals surface area contributed by atoms with Crippen molar-refractivity contribution in [2.75, 3.05) is 6.61 Å². The molecule has 1 aliphatic heterocycles. The van der Waals surface area contributed by atoms with Gasteiger partial charge in [-0.2, -0.15) is 0 Å². The van der Waals surface area contributed by atoms with Crippen LogP contribution >= 0.6 is 0 Å². The molecule has 3 aliphatic carbocycles. The number of carbonyl (C=O) groups excluding carboxylic acids is 6. The van der Waals surface area contributed by atoms with Gasteiger partial charge in [0.15, 0.2) is 31.9 Å². The molecule has 0 spiro atoms. The second-order valence-electron chi connectivity index (χ2n) is 19.7. The molecule has 7 rings (SSSR count). The van der Waals surface area contributed by atoms with Gasteiger partial charge in [-0.15, -0.1) is 0 Å². The van der Waals surface area contributed by atoms with Crippen molar-refractivity contribution in [3.8, 4) is 0 Å². The number of ketones is 1. The standard InChI is InChI=1S/C53H65NO14Si/c1-10-69(11-2,12-3)68-38-28-39-52(30-63-39,67-33(6)56)44-46(66-48(60)36-26-20-15-21-27-36)53(62)29-37(31(4)40(50(53,7)8)43(64-32(5)55)45(58)51(38,44)9)65-49(61)42(57)41(34-22-16-13-17-23-34)54-47(59)35-24-18-14-19-25-35/h13-27,37-39,41-44,46,57,62H,10-12,28-30H2,1-9H3,(H,54,59)/t37-,38-,39+,41-,42+,43+,44?,46-,51+,52-,53+/m0/s1. The smallest absolute Gasteiger partial charge is 0.338 e. The molecule has 3 fully saturated rings. The minimum absolute atomic E-state index is 0.0777. The monoisotopic (exact) mass is 967 g/mol. The van der Waals surface area contributed by atoms with E-state index < -0.39 is 121 Å². The number of esters is 4. The quantitative estimate of drug-likeness (QED) is 0.0622. The van der Waals surface area contributed by atoms with E-state index in [2.05, 4.69) is 5.32 Å². The van der Waals surface area contributed by atoms with Gasteiger partial charge < -0.3 is 43.6 Å². The van der Waals surface area contributed by atoms with Crippen molar-refractivity contribution in [3.05, 3.63) is 119 Å². The Hall–Kier alpha value is -5.52. The lowest BCUT2D eigenvalue weighted by molar-refractivity contribution is -0.344. The average Bonchev–Trinajstić information content (AvgIpc) is 3.33. The molecular formula is C53H65NO14Si. The molecule has 3 aromatic rings. The van der Waals surface area contributed by atoms with Gasteiger partial charge >= 0.3 is 23.9 Å². The maximum atomic E-state index is 16.3. The van der Waals surface area contributed by atoms with Crippen LogP contribution in [0.2, 0.25) is 18.1 Å². The number of ether oxygens (including phenoxy) is 5. The SMILES string of the molecule is CC[Si](CC)(CC)O[C@H]1C[C@H]2OC[C@@]2(OC(C)=O)C2[C@H](OC(=O)c3ccccc3)[C@]3(O)C[C@H](OC(=O)[C@H](O)[C@@H](NC(=O)c4ccccc4)c4ccccc4)C(C)=C([C@@H](OC(C)=O)C(=O)[C@@]21C)C3(C)C. The van der Waals surface area contributed by atoms with Gasteiger partial charge in [-0.25, -0.2) is 9.59 Å². The van der Waals surface area contributed by atoms with Crippen LogP contribution in [0, 0.1) is 16.7 Å². The first-order chi connectivity index (χ1) is 32.6. The Morgan fingerprint density at radius 1 is 0.812 bits per heavy atom. The van der Waals surface area contributed by atoms with E-state index in [9.17, 15) is 34.2 Å². The van der Waals surface area contributed by atoms with Crippen LogP contribution in [-0.4, -0.2) is 109 Å². The number of rotatable bonds is 15. The number of fused-ring (bicyclic) bond motifs is 5. The normalized spacial score (nSPS) is 30.1. The predicted molar refractivity (Wildman–Crippen MR) is 254 cm³/mol. The van der Waals surface area contributed by atoms with Gasteiger partial charge in [0.2, 0.25) is 0 Å². The third kappa shape index (κ3) is 8.98. The van der Waals surface area contributed by atoms with E-state index in [0.717, 1.165) is 6.92 Å². The average molecular weight is 968 g/mol. The molecule has 11 atom stereocenters. The van der Waals surface area contributed by atoms with Gasteiger partial charge in [0.25, 0.3) is 5.91 Å². The molecule has 2 bridgehead atoms. The zero-order valence-electron chi connectivity index (χ0n) is 40.8. The molecule has 1 amide bonds. The molecule has 1 heterocycles. The minimum Gasteiger partial charge on any atom is -0.456 e.